The average Bonchev–Trinajstić information content (AvgIpc) is 3.00. The summed E-state index contributed by atoms with van der Waals surface area (Å²) in [5.74, 6) is 0.640. The Morgan fingerprint density at radius 1 is 1.33 bits per heavy atom. The summed E-state index contributed by atoms with van der Waals surface area (Å²) < 4.78 is 37.7. The minimum Gasteiger partial charge on any atom is -0.494 e. The number of benzene rings is 1. The maximum absolute atomic E-state index is 12.1. The van der Waals surface area contributed by atoms with E-state index >= 15 is 0 Å². The summed E-state index contributed by atoms with van der Waals surface area (Å²) in [5.41, 5.74) is 5.38. The molecule has 118 valence electrons. The molecular formula is C14H22N2O4S. The summed E-state index contributed by atoms with van der Waals surface area (Å²) in [6, 6.07) is 6.37. The normalized spacial score (nSPS) is 18.8. The third-order valence-electron chi connectivity index (χ3n) is 3.28. The van der Waals surface area contributed by atoms with Crippen molar-refractivity contribution in [3.8, 4) is 5.75 Å². The smallest absolute Gasteiger partial charge is 0.240 e. The van der Waals surface area contributed by atoms with Gasteiger partial charge in [-0.3, -0.25) is 0 Å². The molecule has 1 atom stereocenters. The lowest BCUT2D eigenvalue weighted by atomic mass is 10.2. The zero-order valence-electron chi connectivity index (χ0n) is 12.0. The maximum Gasteiger partial charge on any atom is 0.240 e. The van der Waals surface area contributed by atoms with Crippen LogP contribution in [-0.4, -0.2) is 40.8 Å². The third-order valence-corrected chi connectivity index (χ3v) is 4.72. The van der Waals surface area contributed by atoms with Gasteiger partial charge in [0.15, 0.2) is 0 Å². The van der Waals surface area contributed by atoms with E-state index in [9.17, 15) is 8.42 Å². The van der Waals surface area contributed by atoms with Crippen molar-refractivity contribution >= 4 is 10.0 Å². The molecule has 0 aromatic heterocycles. The maximum atomic E-state index is 12.1. The van der Waals surface area contributed by atoms with E-state index in [-0.39, 0.29) is 11.0 Å². The highest BCUT2D eigenvalue weighted by molar-refractivity contribution is 7.89. The molecule has 3 N–H and O–H groups in total. The fraction of sp³-hybridized carbons (Fsp3) is 0.571. The SMILES string of the molecule is NCCCOc1ccc(S(=O)(=O)NCC2CCCO2)cc1. The monoisotopic (exact) mass is 314 g/mol. The van der Waals surface area contributed by atoms with E-state index in [1.54, 1.807) is 12.1 Å². The van der Waals surface area contributed by atoms with Crippen molar-refractivity contribution in [2.45, 2.75) is 30.3 Å². The third kappa shape index (κ3) is 4.96. The van der Waals surface area contributed by atoms with E-state index in [1.165, 1.54) is 12.1 Å². The van der Waals surface area contributed by atoms with E-state index in [4.69, 9.17) is 15.2 Å². The van der Waals surface area contributed by atoms with E-state index < -0.39 is 10.0 Å². The van der Waals surface area contributed by atoms with Gasteiger partial charge in [-0.15, -0.1) is 0 Å². The molecule has 1 unspecified atom stereocenters. The van der Waals surface area contributed by atoms with Crippen molar-refractivity contribution in [3.05, 3.63) is 24.3 Å². The van der Waals surface area contributed by atoms with Crippen LogP contribution in [0.4, 0.5) is 0 Å². The summed E-state index contributed by atoms with van der Waals surface area (Å²) in [6.45, 7) is 2.12. The van der Waals surface area contributed by atoms with Crippen LogP contribution >= 0.6 is 0 Å². The Balaban J connectivity index is 1.89. The lowest BCUT2D eigenvalue weighted by molar-refractivity contribution is 0.114. The van der Waals surface area contributed by atoms with E-state index in [0.29, 0.717) is 32.1 Å². The number of sulfonamides is 1. The van der Waals surface area contributed by atoms with Crippen molar-refractivity contribution in [3.63, 3.8) is 0 Å². The molecule has 1 aliphatic rings. The molecule has 1 aromatic carbocycles. The van der Waals surface area contributed by atoms with Gasteiger partial charge in [-0.25, -0.2) is 13.1 Å². The molecule has 0 radical (unpaired) electrons. The average molecular weight is 314 g/mol. The lowest BCUT2D eigenvalue weighted by Gasteiger charge is -2.12. The van der Waals surface area contributed by atoms with Gasteiger partial charge in [-0.05, 0) is 50.1 Å². The minimum absolute atomic E-state index is 0.0151. The Morgan fingerprint density at radius 3 is 2.71 bits per heavy atom. The molecule has 6 nitrogen and oxygen atoms in total. The Hall–Kier alpha value is -1.15. The highest BCUT2D eigenvalue weighted by Gasteiger charge is 2.20. The van der Waals surface area contributed by atoms with Gasteiger partial charge >= 0.3 is 0 Å². The summed E-state index contributed by atoms with van der Waals surface area (Å²) in [4.78, 5) is 0.228. The van der Waals surface area contributed by atoms with Crippen LogP contribution in [0.2, 0.25) is 0 Å². The topological polar surface area (TPSA) is 90.7 Å². The van der Waals surface area contributed by atoms with Crippen LogP contribution in [-0.2, 0) is 14.8 Å². The van der Waals surface area contributed by atoms with Crippen molar-refractivity contribution < 1.29 is 17.9 Å². The molecule has 1 heterocycles. The standard InChI is InChI=1S/C14H22N2O4S/c15-8-2-10-19-12-4-6-14(7-5-12)21(17,18)16-11-13-3-1-9-20-13/h4-7,13,16H,1-3,8-11,15H2. The molecule has 21 heavy (non-hydrogen) atoms. The van der Waals surface area contributed by atoms with Crippen LogP contribution in [0.1, 0.15) is 19.3 Å². The first-order valence-corrected chi connectivity index (χ1v) is 8.64. The fourth-order valence-corrected chi connectivity index (χ4v) is 3.15. The van der Waals surface area contributed by atoms with Crippen LogP contribution in [0.25, 0.3) is 0 Å². The fourth-order valence-electron chi connectivity index (χ4n) is 2.08. The quantitative estimate of drug-likeness (QED) is 0.695. The molecule has 0 bridgehead atoms. The number of hydrogen-bond acceptors (Lipinski definition) is 5. The molecule has 1 fully saturated rings. The van der Waals surface area contributed by atoms with Crippen molar-refractivity contribution in [2.75, 3.05) is 26.3 Å². The molecular weight excluding hydrogens is 292 g/mol. The molecule has 0 amide bonds. The molecule has 1 aromatic rings. The zero-order valence-corrected chi connectivity index (χ0v) is 12.8. The second-order valence-electron chi connectivity index (χ2n) is 4.95. The second-order valence-corrected chi connectivity index (χ2v) is 6.72. The molecule has 0 saturated carbocycles. The van der Waals surface area contributed by atoms with Gasteiger partial charge in [-0.1, -0.05) is 0 Å². The first-order chi connectivity index (χ1) is 10.1. The summed E-state index contributed by atoms with van der Waals surface area (Å²) in [6.07, 6.45) is 2.64. The number of rotatable bonds is 8. The predicted molar refractivity (Wildman–Crippen MR) is 79.8 cm³/mol. The highest BCUT2D eigenvalue weighted by Crippen LogP contribution is 2.17. The lowest BCUT2D eigenvalue weighted by Crippen LogP contribution is -2.31. The van der Waals surface area contributed by atoms with Crippen LogP contribution in [0.15, 0.2) is 29.2 Å². The van der Waals surface area contributed by atoms with Crippen LogP contribution in [0.3, 0.4) is 0 Å². The first-order valence-electron chi connectivity index (χ1n) is 7.16. The Kier molecular flexibility index (Phi) is 5.98. The van der Waals surface area contributed by atoms with Gasteiger partial charge in [0.1, 0.15) is 5.75 Å². The summed E-state index contributed by atoms with van der Waals surface area (Å²) in [7, 11) is -3.50. The first kappa shape index (κ1) is 16.2. The van der Waals surface area contributed by atoms with Gasteiger partial charge in [0.05, 0.1) is 17.6 Å². The number of nitrogens with two attached hydrogens (primary N) is 1. The number of nitrogens with one attached hydrogen (secondary N) is 1. The van der Waals surface area contributed by atoms with Crippen molar-refractivity contribution in [1.82, 2.24) is 4.72 Å². The Morgan fingerprint density at radius 2 is 2.10 bits per heavy atom. The molecule has 1 aliphatic heterocycles. The van der Waals surface area contributed by atoms with Gasteiger partial charge in [0, 0.05) is 13.2 Å². The molecule has 0 aliphatic carbocycles. The van der Waals surface area contributed by atoms with Gasteiger partial charge in [0.25, 0.3) is 0 Å². The molecule has 1 saturated heterocycles. The minimum atomic E-state index is -3.50. The van der Waals surface area contributed by atoms with E-state index in [2.05, 4.69) is 4.72 Å². The number of ether oxygens (including phenoxy) is 2. The molecule has 2 rings (SSSR count). The molecule has 7 heteroatoms. The largest absolute Gasteiger partial charge is 0.494 e. The van der Waals surface area contributed by atoms with Crippen LogP contribution in [0, 0.1) is 0 Å². The van der Waals surface area contributed by atoms with Crippen LogP contribution < -0.4 is 15.2 Å². The van der Waals surface area contributed by atoms with Crippen LogP contribution in [0.5, 0.6) is 5.75 Å². The molecule has 0 spiro atoms. The highest BCUT2D eigenvalue weighted by atomic mass is 32.2. The van der Waals surface area contributed by atoms with Gasteiger partial charge < -0.3 is 15.2 Å². The Labute approximate surface area is 125 Å². The second kappa shape index (κ2) is 7.74. The van der Waals surface area contributed by atoms with Crippen molar-refractivity contribution in [2.24, 2.45) is 5.73 Å². The summed E-state index contributed by atoms with van der Waals surface area (Å²) >= 11 is 0. The van der Waals surface area contributed by atoms with E-state index in [0.717, 1.165) is 19.3 Å². The summed E-state index contributed by atoms with van der Waals surface area (Å²) in [5, 5.41) is 0. The predicted octanol–water partition coefficient (Wildman–Crippen LogP) is 0.872. The Bertz CT molecular complexity index is 524. The van der Waals surface area contributed by atoms with Crippen molar-refractivity contribution in [1.29, 1.82) is 0 Å². The van der Waals surface area contributed by atoms with Gasteiger partial charge in [0.2, 0.25) is 10.0 Å². The number of hydrogen-bond donors (Lipinski definition) is 2. The van der Waals surface area contributed by atoms with E-state index in [1.807, 2.05) is 0 Å². The zero-order chi connectivity index (χ0) is 15.1. The van der Waals surface area contributed by atoms with Gasteiger partial charge in [-0.2, -0.15) is 0 Å².